The number of hydrogen-bond donors (Lipinski definition) is 2. The number of hydrogen-bond acceptors (Lipinski definition) is 4. The number of fused-ring (bicyclic) bond motifs is 1. The van der Waals surface area contributed by atoms with E-state index in [1.807, 2.05) is 20.8 Å². The molecule has 0 spiro atoms. The Morgan fingerprint density at radius 1 is 1.42 bits per heavy atom. The first-order valence-electron chi connectivity index (χ1n) is 7.98. The van der Waals surface area contributed by atoms with Gasteiger partial charge in [0.1, 0.15) is 12.6 Å². The van der Waals surface area contributed by atoms with Crippen molar-refractivity contribution in [3.8, 4) is 0 Å². The van der Waals surface area contributed by atoms with E-state index in [0.717, 1.165) is 29.1 Å². The SMILES string of the molecule is CCc1c(C)nn(CC(=O)N2Cc3[nH]cnc3CC2C(=O)O)c1C. The molecule has 3 rings (SSSR count). The van der Waals surface area contributed by atoms with Crippen molar-refractivity contribution in [2.45, 2.75) is 52.7 Å². The number of carbonyl (C=O) groups is 2. The number of aliphatic carboxylic acids is 1. The highest BCUT2D eigenvalue weighted by molar-refractivity contribution is 5.84. The first-order valence-corrected chi connectivity index (χ1v) is 7.98. The summed E-state index contributed by atoms with van der Waals surface area (Å²) in [7, 11) is 0. The van der Waals surface area contributed by atoms with Crippen LogP contribution in [0, 0.1) is 13.8 Å². The van der Waals surface area contributed by atoms with Gasteiger partial charge in [0.05, 0.1) is 30.0 Å². The summed E-state index contributed by atoms with van der Waals surface area (Å²) in [5, 5.41) is 13.9. The highest BCUT2D eigenvalue weighted by atomic mass is 16.4. The fraction of sp³-hybridized carbons (Fsp3) is 0.500. The van der Waals surface area contributed by atoms with Gasteiger partial charge in [-0.25, -0.2) is 9.78 Å². The van der Waals surface area contributed by atoms with Crippen LogP contribution < -0.4 is 0 Å². The second kappa shape index (κ2) is 6.10. The van der Waals surface area contributed by atoms with Crippen LogP contribution >= 0.6 is 0 Å². The van der Waals surface area contributed by atoms with Gasteiger partial charge in [-0.1, -0.05) is 6.92 Å². The molecular formula is C16H21N5O3. The maximum Gasteiger partial charge on any atom is 0.326 e. The largest absolute Gasteiger partial charge is 0.480 e. The molecule has 0 aliphatic carbocycles. The summed E-state index contributed by atoms with van der Waals surface area (Å²) in [5.74, 6) is -1.27. The molecule has 8 heteroatoms. The van der Waals surface area contributed by atoms with Gasteiger partial charge in [0.15, 0.2) is 0 Å². The highest BCUT2D eigenvalue weighted by Crippen LogP contribution is 2.22. The Bertz CT molecular complexity index is 792. The van der Waals surface area contributed by atoms with Crippen molar-refractivity contribution in [1.29, 1.82) is 0 Å². The van der Waals surface area contributed by atoms with E-state index in [2.05, 4.69) is 15.1 Å². The zero-order chi connectivity index (χ0) is 17.4. The molecular weight excluding hydrogens is 310 g/mol. The fourth-order valence-electron chi connectivity index (χ4n) is 3.34. The second-order valence-corrected chi connectivity index (χ2v) is 6.07. The third-order valence-corrected chi connectivity index (χ3v) is 4.67. The van der Waals surface area contributed by atoms with Crippen LogP contribution in [-0.4, -0.2) is 47.7 Å². The molecule has 0 radical (unpaired) electrons. The zero-order valence-electron chi connectivity index (χ0n) is 14.0. The summed E-state index contributed by atoms with van der Waals surface area (Å²) in [5.41, 5.74) is 4.50. The molecule has 128 valence electrons. The Morgan fingerprint density at radius 2 is 2.17 bits per heavy atom. The number of H-pyrrole nitrogens is 1. The van der Waals surface area contributed by atoms with Gasteiger partial charge in [-0.2, -0.15) is 5.10 Å². The number of rotatable bonds is 4. The molecule has 3 heterocycles. The van der Waals surface area contributed by atoms with Crippen molar-refractivity contribution >= 4 is 11.9 Å². The van der Waals surface area contributed by atoms with Gasteiger partial charge < -0.3 is 15.0 Å². The molecule has 2 aromatic heterocycles. The predicted molar refractivity (Wildman–Crippen MR) is 85.3 cm³/mol. The molecule has 8 nitrogen and oxygen atoms in total. The third kappa shape index (κ3) is 2.68. The monoisotopic (exact) mass is 331 g/mol. The van der Waals surface area contributed by atoms with Crippen LogP contribution in [-0.2, 0) is 35.5 Å². The number of nitrogens with one attached hydrogen (secondary N) is 1. The lowest BCUT2D eigenvalue weighted by Gasteiger charge is -2.32. The van der Waals surface area contributed by atoms with Crippen molar-refractivity contribution in [3.05, 3.63) is 34.7 Å². The topological polar surface area (TPSA) is 104 Å². The Morgan fingerprint density at radius 3 is 2.79 bits per heavy atom. The molecule has 1 aliphatic heterocycles. The molecule has 2 N–H and O–H groups in total. The van der Waals surface area contributed by atoms with E-state index in [1.165, 1.54) is 11.2 Å². The highest BCUT2D eigenvalue weighted by Gasteiger charge is 2.36. The third-order valence-electron chi connectivity index (χ3n) is 4.67. The number of carboxylic acid groups (broad SMARTS) is 1. The van der Waals surface area contributed by atoms with E-state index < -0.39 is 12.0 Å². The van der Waals surface area contributed by atoms with E-state index in [1.54, 1.807) is 4.68 Å². The van der Waals surface area contributed by atoms with Crippen LogP contribution in [0.1, 0.15) is 35.3 Å². The van der Waals surface area contributed by atoms with Gasteiger partial charge in [0.25, 0.3) is 0 Å². The number of amides is 1. The lowest BCUT2D eigenvalue weighted by molar-refractivity contribution is -0.151. The first-order chi connectivity index (χ1) is 11.4. The molecule has 0 saturated carbocycles. The molecule has 1 aliphatic rings. The number of imidazole rings is 1. The molecule has 0 fully saturated rings. The fourth-order valence-corrected chi connectivity index (χ4v) is 3.34. The molecule has 0 saturated heterocycles. The standard InChI is InChI=1S/C16H21N5O3/c1-4-11-9(2)19-21(10(11)3)7-15(22)20-6-13-12(17-8-18-13)5-14(20)16(23)24/h8,14H,4-7H2,1-3H3,(H,17,18)(H,23,24). The molecule has 24 heavy (non-hydrogen) atoms. The summed E-state index contributed by atoms with van der Waals surface area (Å²) < 4.78 is 1.66. The first kappa shape index (κ1) is 16.2. The van der Waals surface area contributed by atoms with Gasteiger partial charge in [-0.15, -0.1) is 0 Å². The molecule has 0 aromatic carbocycles. The number of carbonyl (C=O) groups excluding carboxylic acids is 1. The minimum absolute atomic E-state index is 0.0416. The Hall–Kier alpha value is -2.64. The number of nitrogens with zero attached hydrogens (tertiary/aromatic N) is 4. The summed E-state index contributed by atoms with van der Waals surface area (Å²) in [6.45, 7) is 6.17. The van der Waals surface area contributed by atoms with Crippen LogP contribution in [0.2, 0.25) is 0 Å². The van der Waals surface area contributed by atoms with Gasteiger partial charge in [0.2, 0.25) is 5.91 Å². The van der Waals surface area contributed by atoms with Gasteiger partial charge >= 0.3 is 5.97 Å². The van der Waals surface area contributed by atoms with Crippen molar-refractivity contribution < 1.29 is 14.7 Å². The van der Waals surface area contributed by atoms with E-state index in [4.69, 9.17) is 0 Å². The maximum atomic E-state index is 12.7. The Balaban J connectivity index is 1.84. The summed E-state index contributed by atoms with van der Waals surface area (Å²) >= 11 is 0. The molecule has 2 aromatic rings. The van der Waals surface area contributed by atoms with E-state index in [-0.39, 0.29) is 25.4 Å². The average Bonchev–Trinajstić information content (AvgIpc) is 3.10. The zero-order valence-corrected chi connectivity index (χ0v) is 14.0. The second-order valence-electron chi connectivity index (χ2n) is 6.07. The average molecular weight is 331 g/mol. The van der Waals surface area contributed by atoms with Crippen LogP contribution in [0.15, 0.2) is 6.33 Å². The number of aromatic nitrogens is 4. The van der Waals surface area contributed by atoms with Gasteiger partial charge in [-0.3, -0.25) is 9.48 Å². The van der Waals surface area contributed by atoms with Crippen molar-refractivity contribution in [2.24, 2.45) is 0 Å². The molecule has 1 atom stereocenters. The number of aryl methyl sites for hydroxylation is 1. The van der Waals surface area contributed by atoms with Gasteiger partial charge in [0, 0.05) is 12.1 Å². The van der Waals surface area contributed by atoms with Crippen LogP contribution in [0.5, 0.6) is 0 Å². The Labute approximate surface area is 139 Å². The smallest absolute Gasteiger partial charge is 0.326 e. The van der Waals surface area contributed by atoms with E-state index in [9.17, 15) is 14.7 Å². The number of aromatic amines is 1. The molecule has 1 amide bonds. The minimum Gasteiger partial charge on any atom is -0.480 e. The van der Waals surface area contributed by atoms with Crippen molar-refractivity contribution in [2.75, 3.05) is 0 Å². The normalized spacial score (nSPS) is 17.0. The van der Waals surface area contributed by atoms with Gasteiger partial charge in [-0.05, 0) is 25.8 Å². The predicted octanol–water partition coefficient (Wildman–Crippen LogP) is 0.824. The summed E-state index contributed by atoms with van der Waals surface area (Å²) in [4.78, 5) is 32.8. The van der Waals surface area contributed by atoms with E-state index >= 15 is 0 Å². The lowest BCUT2D eigenvalue weighted by atomic mass is 10.0. The minimum atomic E-state index is -1.01. The number of carboxylic acids is 1. The van der Waals surface area contributed by atoms with Crippen molar-refractivity contribution in [3.63, 3.8) is 0 Å². The summed E-state index contributed by atoms with van der Waals surface area (Å²) in [6, 6.07) is -0.893. The van der Waals surface area contributed by atoms with Crippen LogP contribution in [0.25, 0.3) is 0 Å². The lowest BCUT2D eigenvalue weighted by Crippen LogP contribution is -2.49. The Kier molecular flexibility index (Phi) is 4.13. The molecule has 0 bridgehead atoms. The molecule has 1 unspecified atom stereocenters. The van der Waals surface area contributed by atoms with Crippen LogP contribution in [0.4, 0.5) is 0 Å². The van der Waals surface area contributed by atoms with Crippen molar-refractivity contribution in [1.82, 2.24) is 24.6 Å². The summed E-state index contributed by atoms with van der Waals surface area (Å²) in [6.07, 6.45) is 2.61. The maximum absolute atomic E-state index is 12.7. The van der Waals surface area contributed by atoms with E-state index in [0.29, 0.717) is 5.69 Å². The quantitative estimate of drug-likeness (QED) is 0.863. The van der Waals surface area contributed by atoms with Crippen LogP contribution in [0.3, 0.4) is 0 Å².